The van der Waals surface area contributed by atoms with Crippen molar-refractivity contribution in [3.8, 4) is 0 Å². The Hall–Kier alpha value is 0. The SMILES string of the molecule is CCCCC(CC)CCCCCCC(C)CCC. The number of hydrogen-bond acceptors (Lipinski definition) is 0. The molecule has 0 heteroatoms. The lowest BCUT2D eigenvalue weighted by Crippen LogP contribution is -1.99. The third-order valence-electron chi connectivity index (χ3n) is 4.38. The van der Waals surface area contributed by atoms with Crippen LogP contribution >= 0.6 is 0 Å². The molecule has 2 unspecified atom stereocenters. The van der Waals surface area contributed by atoms with Gasteiger partial charge in [0.2, 0.25) is 0 Å². The van der Waals surface area contributed by atoms with Crippen LogP contribution < -0.4 is 0 Å². The Balaban J connectivity index is 3.32. The van der Waals surface area contributed by atoms with E-state index in [1.165, 1.54) is 77.0 Å². The third kappa shape index (κ3) is 11.1. The molecular formula is C18H38. The van der Waals surface area contributed by atoms with Gasteiger partial charge in [-0.3, -0.25) is 0 Å². The van der Waals surface area contributed by atoms with E-state index in [2.05, 4.69) is 27.7 Å². The van der Waals surface area contributed by atoms with Crippen LogP contribution in [-0.2, 0) is 0 Å². The molecule has 0 bridgehead atoms. The first kappa shape index (κ1) is 18.0. The minimum Gasteiger partial charge on any atom is -0.0654 e. The first-order valence-electron chi connectivity index (χ1n) is 8.74. The van der Waals surface area contributed by atoms with E-state index in [1.54, 1.807) is 0 Å². The van der Waals surface area contributed by atoms with Crippen LogP contribution in [0.25, 0.3) is 0 Å². The molecule has 0 radical (unpaired) electrons. The molecule has 110 valence electrons. The summed E-state index contributed by atoms with van der Waals surface area (Å²) in [5.41, 5.74) is 0. The second-order valence-corrected chi connectivity index (χ2v) is 6.30. The van der Waals surface area contributed by atoms with Gasteiger partial charge in [0, 0.05) is 0 Å². The molecule has 0 aliphatic rings. The normalized spacial score (nSPS) is 14.7. The summed E-state index contributed by atoms with van der Waals surface area (Å²) < 4.78 is 0. The Morgan fingerprint density at radius 1 is 0.611 bits per heavy atom. The van der Waals surface area contributed by atoms with E-state index in [0.29, 0.717) is 0 Å². The van der Waals surface area contributed by atoms with Crippen molar-refractivity contribution in [2.24, 2.45) is 11.8 Å². The summed E-state index contributed by atoms with van der Waals surface area (Å²) in [5.74, 6) is 1.98. The maximum Gasteiger partial charge on any atom is -0.0417 e. The minimum atomic E-state index is 0.961. The molecule has 0 nitrogen and oxygen atoms in total. The summed E-state index contributed by atoms with van der Waals surface area (Å²) >= 11 is 0. The van der Waals surface area contributed by atoms with Crippen LogP contribution in [0.5, 0.6) is 0 Å². The van der Waals surface area contributed by atoms with Crippen molar-refractivity contribution < 1.29 is 0 Å². The van der Waals surface area contributed by atoms with Crippen molar-refractivity contribution in [3.63, 3.8) is 0 Å². The van der Waals surface area contributed by atoms with E-state index in [4.69, 9.17) is 0 Å². The van der Waals surface area contributed by atoms with Crippen LogP contribution in [0.2, 0.25) is 0 Å². The van der Waals surface area contributed by atoms with Crippen LogP contribution in [0.3, 0.4) is 0 Å². The van der Waals surface area contributed by atoms with Crippen molar-refractivity contribution in [1.29, 1.82) is 0 Å². The fourth-order valence-electron chi connectivity index (χ4n) is 2.96. The van der Waals surface area contributed by atoms with Gasteiger partial charge in [0.15, 0.2) is 0 Å². The zero-order valence-electron chi connectivity index (χ0n) is 13.6. The van der Waals surface area contributed by atoms with Crippen molar-refractivity contribution in [2.45, 2.75) is 105 Å². The highest BCUT2D eigenvalue weighted by molar-refractivity contribution is 4.59. The fourth-order valence-corrected chi connectivity index (χ4v) is 2.96. The predicted octanol–water partition coefficient (Wildman–Crippen LogP) is 6.98. The van der Waals surface area contributed by atoms with E-state index < -0.39 is 0 Å². The van der Waals surface area contributed by atoms with E-state index in [-0.39, 0.29) is 0 Å². The summed E-state index contributed by atoms with van der Waals surface area (Å²) in [6.07, 6.45) is 17.3. The zero-order chi connectivity index (χ0) is 13.6. The molecule has 0 aromatic carbocycles. The van der Waals surface area contributed by atoms with E-state index in [1.807, 2.05) is 0 Å². The zero-order valence-corrected chi connectivity index (χ0v) is 13.6. The van der Waals surface area contributed by atoms with Crippen LogP contribution in [0.4, 0.5) is 0 Å². The van der Waals surface area contributed by atoms with Gasteiger partial charge in [-0.25, -0.2) is 0 Å². The number of unbranched alkanes of at least 4 members (excludes halogenated alkanes) is 4. The molecule has 0 saturated heterocycles. The molecule has 2 atom stereocenters. The van der Waals surface area contributed by atoms with Crippen LogP contribution in [0.1, 0.15) is 105 Å². The Morgan fingerprint density at radius 2 is 1.22 bits per heavy atom. The lowest BCUT2D eigenvalue weighted by Gasteiger charge is -2.14. The van der Waals surface area contributed by atoms with Gasteiger partial charge in [-0.15, -0.1) is 0 Å². The summed E-state index contributed by atoms with van der Waals surface area (Å²) in [6.45, 7) is 9.40. The molecule has 0 aliphatic carbocycles. The lowest BCUT2D eigenvalue weighted by molar-refractivity contribution is 0.394. The first-order chi connectivity index (χ1) is 8.74. The van der Waals surface area contributed by atoms with Gasteiger partial charge in [0.25, 0.3) is 0 Å². The molecule has 0 heterocycles. The van der Waals surface area contributed by atoms with Crippen molar-refractivity contribution in [3.05, 3.63) is 0 Å². The monoisotopic (exact) mass is 254 g/mol. The molecule has 0 aliphatic heterocycles. The lowest BCUT2D eigenvalue weighted by atomic mass is 9.92. The number of rotatable bonds is 13. The number of hydrogen-bond donors (Lipinski definition) is 0. The second kappa shape index (κ2) is 13.4. The summed E-state index contributed by atoms with van der Waals surface area (Å²) in [4.78, 5) is 0. The molecular weight excluding hydrogens is 216 g/mol. The topological polar surface area (TPSA) is 0 Å². The minimum absolute atomic E-state index is 0.961. The average Bonchev–Trinajstić information content (AvgIpc) is 2.37. The van der Waals surface area contributed by atoms with Gasteiger partial charge in [-0.2, -0.15) is 0 Å². The highest BCUT2D eigenvalue weighted by Gasteiger charge is 2.05. The standard InChI is InChI=1S/C18H38/c1-5-8-15-18(7-3)16-12-10-9-11-14-17(4)13-6-2/h17-18H,5-16H2,1-4H3. The quantitative estimate of drug-likeness (QED) is 0.311. The highest BCUT2D eigenvalue weighted by atomic mass is 14.1. The van der Waals surface area contributed by atoms with E-state index >= 15 is 0 Å². The van der Waals surface area contributed by atoms with Gasteiger partial charge < -0.3 is 0 Å². The largest absolute Gasteiger partial charge is 0.0654 e. The van der Waals surface area contributed by atoms with E-state index in [0.717, 1.165) is 11.8 Å². The molecule has 0 spiro atoms. The van der Waals surface area contributed by atoms with Gasteiger partial charge in [-0.1, -0.05) is 105 Å². The van der Waals surface area contributed by atoms with Crippen molar-refractivity contribution in [1.82, 2.24) is 0 Å². The molecule has 0 aromatic rings. The van der Waals surface area contributed by atoms with Crippen LogP contribution in [-0.4, -0.2) is 0 Å². The molecule has 18 heavy (non-hydrogen) atoms. The van der Waals surface area contributed by atoms with Gasteiger partial charge in [-0.05, 0) is 11.8 Å². The summed E-state index contributed by atoms with van der Waals surface area (Å²) in [5, 5.41) is 0. The van der Waals surface area contributed by atoms with Crippen LogP contribution in [0, 0.1) is 11.8 Å². The molecule has 0 fully saturated rings. The molecule has 0 aromatic heterocycles. The van der Waals surface area contributed by atoms with Gasteiger partial charge in [0.05, 0.1) is 0 Å². The Morgan fingerprint density at radius 3 is 1.78 bits per heavy atom. The van der Waals surface area contributed by atoms with E-state index in [9.17, 15) is 0 Å². The molecule has 0 amide bonds. The molecule has 0 rings (SSSR count). The predicted molar refractivity (Wildman–Crippen MR) is 85.1 cm³/mol. The Bertz CT molecular complexity index is 150. The Labute approximate surface area is 117 Å². The molecule has 0 N–H and O–H groups in total. The maximum absolute atomic E-state index is 2.42. The summed E-state index contributed by atoms with van der Waals surface area (Å²) in [6, 6.07) is 0. The van der Waals surface area contributed by atoms with Crippen LogP contribution in [0.15, 0.2) is 0 Å². The molecule has 0 saturated carbocycles. The van der Waals surface area contributed by atoms with Crippen molar-refractivity contribution in [2.75, 3.05) is 0 Å². The smallest absolute Gasteiger partial charge is 0.0417 e. The first-order valence-corrected chi connectivity index (χ1v) is 8.74. The summed E-state index contributed by atoms with van der Waals surface area (Å²) in [7, 11) is 0. The Kier molecular flexibility index (Phi) is 13.4. The third-order valence-corrected chi connectivity index (χ3v) is 4.38. The van der Waals surface area contributed by atoms with Gasteiger partial charge >= 0.3 is 0 Å². The highest BCUT2D eigenvalue weighted by Crippen LogP contribution is 2.21. The fraction of sp³-hybridized carbons (Fsp3) is 1.00. The van der Waals surface area contributed by atoms with Crippen molar-refractivity contribution >= 4 is 0 Å². The van der Waals surface area contributed by atoms with Gasteiger partial charge in [0.1, 0.15) is 0 Å². The maximum atomic E-state index is 2.42. The average molecular weight is 255 g/mol. The second-order valence-electron chi connectivity index (χ2n) is 6.30.